The summed E-state index contributed by atoms with van der Waals surface area (Å²) in [7, 11) is 6.22. The number of hydrogen-bond donors (Lipinski definition) is 4. The number of halogens is 3. The van der Waals surface area contributed by atoms with Crippen molar-refractivity contribution in [2.75, 3.05) is 68.3 Å². The van der Waals surface area contributed by atoms with Gasteiger partial charge in [-0.1, -0.05) is 61.3 Å². The molecule has 88 heavy (non-hydrogen) atoms. The Kier molecular flexibility index (Phi) is 54.6. The summed E-state index contributed by atoms with van der Waals surface area (Å²) >= 11 is 4.61. The topological polar surface area (TPSA) is 374 Å². The molecule has 5 aliphatic rings. The van der Waals surface area contributed by atoms with Gasteiger partial charge in [0, 0.05) is 30.5 Å². The van der Waals surface area contributed by atoms with Crippen LogP contribution in [-0.2, 0) is 86.0 Å². The first-order chi connectivity index (χ1) is 39.4. The summed E-state index contributed by atoms with van der Waals surface area (Å²) in [4.78, 5) is 150. The number of ether oxygens (including phenoxy) is 5. The van der Waals surface area contributed by atoms with Crippen molar-refractivity contribution in [3.63, 3.8) is 0 Å². The van der Waals surface area contributed by atoms with E-state index < -0.39 is 99.3 Å². The monoisotopic (exact) mass is 1330 g/mol. The standard InChI is InChI=1S/C14H23NO4.C13H21NO4.C10H15NO5.C7H13NO2.C6H11NO2.C5H11.C3H3ClO3.2ClH.Mg.H2O/c1-5-14(2,3)11(16)12(17)15-9-7-6-8-10(15)13(18)19-4;1-4-13(2,3)10(15)11(16)14-8-6-5-7-9(14)12(17)18;1-15-9(13)7-5-3-4-6-11(7)8(12)10(14)16-2;1-10-7(9)6-4-2-3-5-8-6;8-6(9)5-3-1-2-4-7-5;1-4-5(2)3;1-7-3(6)2(4)5;;;;/h10H,5-9H2,1-4H3;9H,4-8H2,1-3H3,(H,17,18);7H,3-6H2,1-2H3;6,8H,2-5H2,1H3;5,7H,1-4H2,(H,8,9);4H2,1-3H3;1H3;2*1H;;1H2/q;;;;;-1;;;;+2;/p-1/t10-;9-;7-;6-;5-;;;;;;/m00000....../s1. The second-order valence-electron chi connectivity index (χ2n) is 21.7. The molecule has 0 unspecified atom stereocenters. The van der Waals surface area contributed by atoms with Crippen molar-refractivity contribution in [2.45, 2.75) is 208 Å². The molecule has 5 atom stereocenters. The van der Waals surface area contributed by atoms with Gasteiger partial charge in [-0.3, -0.25) is 38.4 Å². The number of likely N-dealkylation sites (tertiary alicyclic amines) is 3. The number of carboxylic acids is 2. The van der Waals surface area contributed by atoms with E-state index in [4.69, 9.17) is 14.9 Å². The number of carbonyl (C=O) groups is 13. The Morgan fingerprint density at radius 2 is 0.807 bits per heavy atom. The molecule has 0 aliphatic carbocycles. The van der Waals surface area contributed by atoms with Gasteiger partial charge in [0.15, 0.2) is 0 Å². The van der Waals surface area contributed by atoms with Crippen molar-refractivity contribution in [3.05, 3.63) is 5.92 Å². The quantitative estimate of drug-likeness (QED) is 0.0505. The molecule has 5 aliphatic heterocycles. The van der Waals surface area contributed by atoms with Gasteiger partial charge in [-0.2, -0.15) is 20.3 Å². The van der Waals surface area contributed by atoms with Crippen LogP contribution in [0.15, 0.2) is 0 Å². The van der Waals surface area contributed by atoms with Crippen LogP contribution >= 0.6 is 24.0 Å². The Balaban J connectivity index is -0.000000229. The molecule has 5 heterocycles. The van der Waals surface area contributed by atoms with Gasteiger partial charge in [0.05, 0.1) is 35.5 Å². The number of carbonyl (C=O) groups excluding carboxylic acids is 11. The molecule has 0 saturated carbocycles. The summed E-state index contributed by atoms with van der Waals surface area (Å²) in [6.45, 7) is 20.1. The van der Waals surface area contributed by atoms with E-state index in [0.717, 1.165) is 97.9 Å². The number of esters is 5. The van der Waals surface area contributed by atoms with Crippen LogP contribution in [0.25, 0.3) is 0 Å². The van der Waals surface area contributed by atoms with Crippen molar-refractivity contribution in [1.29, 1.82) is 0 Å². The molecular weight excluding hydrogens is 1230 g/mol. The van der Waals surface area contributed by atoms with Crippen LogP contribution < -0.4 is 23.0 Å². The Hall–Kier alpha value is -4.77. The van der Waals surface area contributed by atoms with E-state index in [1.54, 1.807) is 27.7 Å². The van der Waals surface area contributed by atoms with Crippen LogP contribution in [0.3, 0.4) is 0 Å². The number of Topliss-reactive ketones (excluding diaryl/α,β-unsaturated/α-hetero) is 2. The van der Waals surface area contributed by atoms with E-state index in [1.165, 1.54) is 54.8 Å². The van der Waals surface area contributed by atoms with Crippen molar-refractivity contribution in [1.82, 2.24) is 25.3 Å². The number of aliphatic carboxylic acids is 2. The summed E-state index contributed by atoms with van der Waals surface area (Å²) in [6.07, 6.45) is 14.9. The van der Waals surface area contributed by atoms with Crippen LogP contribution in [0, 0.1) is 16.7 Å². The third kappa shape index (κ3) is 35.0. The summed E-state index contributed by atoms with van der Waals surface area (Å²) in [5.41, 5.74) is -1.41. The minimum atomic E-state index is -1.09. The van der Waals surface area contributed by atoms with Gasteiger partial charge in [0.25, 0.3) is 11.8 Å². The molecule has 5 fully saturated rings. The smallest absolute Gasteiger partial charge is 1.00 e. The number of methoxy groups -OCH3 is 5. The number of ketones is 2. The zero-order chi connectivity index (χ0) is 64.9. The molecule has 26 nitrogen and oxygen atoms in total. The maximum absolute atomic E-state index is 12.3. The summed E-state index contributed by atoms with van der Waals surface area (Å²) in [5, 5.41) is 22.5. The number of nitrogens with zero attached hydrogens (tertiary/aromatic N) is 3. The number of piperidine rings is 5. The molecule has 0 aromatic rings. The molecule has 6 N–H and O–H groups in total. The molecule has 0 aromatic heterocycles. The minimum Gasteiger partial charge on any atom is -1.00 e. The van der Waals surface area contributed by atoms with Crippen molar-refractivity contribution < 1.29 is 114 Å². The number of carboxylic acid groups (broad SMARTS) is 2. The second-order valence-corrected chi connectivity index (χ2v) is 22.1. The van der Waals surface area contributed by atoms with E-state index in [2.05, 4.69) is 62.0 Å². The summed E-state index contributed by atoms with van der Waals surface area (Å²) in [5.74, 6) is -6.15. The van der Waals surface area contributed by atoms with Crippen LogP contribution in [0.5, 0.6) is 0 Å². The third-order valence-corrected chi connectivity index (χ3v) is 14.9. The average molecular weight is 1330 g/mol. The van der Waals surface area contributed by atoms with Crippen molar-refractivity contribution in [2.24, 2.45) is 10.8 Å². The molecule has 5 rings (SSSR count). The molecule has 506 valence electrons. The number of rotatable bonds is 13. The third-order valence-electron chi connectivity index (χ3n) is 14.7. The zero-order valence-corrected chi connectivity index (χ0v) is 57.8. The van der Waals surface area contributed by atoms with Gasteiger partial charge in [-0.25, -0.2) is 24.0 Å². The normalized spacial score (nSPS) is 19.1. The molecular formula is C58H100Cl3MgN5O21. The summed E-state index contributed by atoms with van der Waals surface area (Å²) < 4.78 is 22.1. The molecule has 0 aromatic carbocycles. The number of nitrogens with one attached hydrogen (secondary N) is 2. The summed E-state index contributed by atoms with van der Waals surface area (Å²) in [6, 6.07) is -2.44. The fourth-order valence-corrected chi connectivity index (χ4v) is 8.32. The molecule has 0 spiro atoms. The molecule has 30 heteroatoms. The van der Waals surface area contributed by atoms with Gasteiger partial charge in [-0.05, 0) is 121 Å². The van der Waals surface area contributed by atoms with Gasteiger partial charge < -0.3 is 83.0 Å². The predicted octanol–water partition coefficient (Wildman–Crippen LogP) is 1.39. The Morgan fingerprint density at radius 1 is 0.489 bits per heavy atom. The van der Waals surface area contributed by atoms with Gasteiger partial charge >= 0.3 is 76.0 Å². The largest absolute Gasteiger partial charge is 2.00 e. The first-order valence-corrected chi connectivity index (χ1v) is 29.1. The van der Waals surface area contributed by atoms with E-state index in [0.29, 0.717) is 51.7 Å². The van der Waals surface area contributed by atoms with Gasteiger partial charge in [-0.15, -0.1) is 12.4 Å². The molecule has 0 radical (unpaired) electrons. The maximum Gasteiger partial charge on any atom is 2.00 e. The first kappa shape index (κ1) is 94.4. The Bertz CT molecular complexity index is 2160. The van der Waals surface area contributed by atoms with Crippen LogP contribution in [-0.4, -0.2) is 228 Å². The van der Waals surface area contributed by atoms with Crippen LogP contribution in [0.2, 0.25) is 0 Å². The SMILES string of the molecule is CCC(C)(C)C(=O)C(=O)N1CCCC[C@H]1C(=O)O.CCC(C)(C)C(=O)C(=O)N1CCCC[C@H]1C(=O)OC.CC[C-](C)C.COC(=O)C(=O)Cl.COC(=O)C(=O)N1CCCC[C@H]1C(=O)OC.COC(=O)[C@@H]1CCCCN1.Cl.O.O=C(O)[C@@H]1CCCCN1.[Cl-].[Mg+2]. The van der Waals surface area contributed by atoms with E-state index in [-0.39, 0.29) is 71.4 Å². The van der Waals surface area contributed by atoms with Gasteiger partial charge in [0.1, 0.15) is 30.2 Å². The fourth-order valence-electron chi connectivity index (χ4n) is 8.25. The maximum atomic E-state index is 12.3. The van der Waals surface area contributed by atoms with Crippen LogP contribution in [0.4, 0.5) is 0 Å². The first-order valence-electron chi connectivity index (χ1n) is 28.7. The molecule has 5 saturated heterocycles. The van der Waals surface area contributed by atoms with Gasteiger partial charge in [0.2, 0.25) is 11.6 Å². The Morgan fingerprint density at radius 3 is 1.06 bits per heavy atom. The average Bonchev–Trinajstić information content (AvgIpc) is 3.36. The Labute approximate surface area is 553 Å². The van der Waals surface area contributed by atoms with Crippen molar-refractivity contribution >= 4 is 123 Å². The second kappa shape index (κ2) is 50.9. The number of amides is 3. The molecule has 3 amide bonds. The number of hydrogen-bond acceptors (Lipinski definition) is 20. The fraction of sp³-hybridized carbons (Fsp3) is 0.759. The van der Waals surface area contributed by atoms with Crippen molar-refractivity contribution in [3.8, 4) is 0 Å². The van der Waals surface area contributed by atoms with E-state index in [1.807, 2.05) is 13.8 Å². The van der Waals surface area contributed by atoms with Crippen LogP contribution in [0.1, 0.15) is 178 Å². The minimum absolute atomic E-state index is 0. The zero-order valence-electron chi connectivity index (χ0n) is 54.1. The van der Waals surface area contributed by atoms with E-state index in [9.17, 15) is 62.3 Å². The predicted molar refractivity (Wildman–Crippen MR) is 325 cm³/mol. The molecule has 0 bridgehead atoms. The van der Waals surface area contributed by atoms with E-state index >= 15 is 0 Å².